The van der Waals surface area contributed by atoms with E-state index in [9.17, 15) is 9.59 Å². The predicted octanol–water partition coefficient (Wildman–Crippen LogP) is 2.64. The van der Waals surface area contributed by atoms with Gasteiger partial charge >= 0.3 is 0 Å². The molecule has 0 saturated carbocycles. The Morgan fingerprint density at radius 1 is 1.00 bits per heavy atom. The quantitative estimate of drug-likeness (QED) is 0.669. The van der Waals surface area contributed by atoms with Gasteiger partial charge in [-0.2, -0.15) is 5.10 Å². The molecule has 28 heavy (non-hydrogen) atoms. The van der Waals surface area contributed by atoms with Gasteiger partial charge in [0.25, 0.3) is 11.8 Å². The van der Waals surface area contributed by atoms with E-state index >= 15 is 0 Å². The van der Waals surface area contributed by atoms with Crippen LogP contribution in [0.2, 0.25) is 0 Å². The molecule has 0 radical (unpaired) electrons. The molecule has 7 heteroatoms. The lowest BCUT2D eigenvalue weighted by Gasteiger charge is -2.10. The highest BCUT2D eigenvalue weighted by atomic mass is 16.5. The summed E-state index contributed by atoms with van der Waals surface area (Å²) in [5.74, 6) is -0.293. The average Bonchev–Trinajstić information content (AvgIpc) is 3.06. The number of aryl methyl sites for hydroxylation is 2. The van der Waals surface area contributed by atoms with Crippen LogP contribution in [0.25, 0.3) is 5.69 Å². The highest BCUT2D eigenvalue weighted by Gasteiger charge is 2.15. The molecule has 144 valence electrons. The van der Waals surface area contributed by atoms with E-state index in [0.29, 0.717) is 17.0 Å². The van der Waals surface area contributed by atoms with Crippen molar-refractivity contribution in [2.45, 2.75) is 20.8 Å². The third kappa shape index (κ3) is 4.56. The second kappa shape index (κ2) is 8.39. The smallest absolute Gasteiger partial charge is 0.276 e. The molecule has 0 aliphatic rings. The number of para-hydroxylation sites is 1. The molecule has 0 atom stereocenters. The van der Waals surface area contributed by atoms with E-state index in [1.165, 1.54) is 6.20 Å². The predicted molar refractivity (Wildman–Crippen MR) is 105 cm³/mol. The molecule has 0 aliphatic heterocycles. The Bertz CT molecular complexity index is 976. The van der Waals surface area contributed by atoms with E-state index in [2.05, 4.69) is 16.0 Å². The molecular formula is C21H22N4O3. The Labute approximate surface area is 163 Å². The molecule has 7 nitrogen and oxygen atoms in total. The van der Waals surface area contributed by atoms with Crippen LogP contribution in [-0.4, -0.2) is 28.2 Å². The third-order valence-corrected chi connectivity index (χ3v) is 4.14. The largest absolute Gasteiger partial charge is 0.484 e. The maximum atomic E-state index is 12.4. The van der Waals surface area contributed by atoms with Gasteiger partial charge in [0.2, 0.25) is 0 Å². The minimum absolute atomic E-state index is 0.203. The fraction of sp³-hybridized carbons (Fsp3) is 0.190. The van der Waals surface area contributed by atoms with Crippen molar-refractivity contribution in [1.29, 1.82) is 0 Å². The average molecular weight is 378 g/mol. The van der Waals surface area contributed by atoms with Crippen molar-refractivity contribution >= 4 is 11.8 Å². The van der Waals surface area contributed by atoms with Gasteiger partial charge in [-0.1, -0.05) is 24.3 Å². The van der Waals surface area contributed by atoms with Crippen molar-refractivity contribution in [2.75, 3.05) is 6.61 Å². The highest BCUT2D eigenvalue weighted by molar-refractivity contribution is 5.96. The number of hydrogen-bond donors (Lipinski definition) is 2. The summed E-state index contributed by atoms with van der Waals surface area (Å²) in [6.45, 7) is 5.50. The number of nitrogens with zero attached hydrogens (tertiary/aromatic N) is 2. The number of carbonyl (C=O) groups excluding carboxylic acids is 2. The van der Waals surface area contributed by atoms with Gasteiger partial charge < -0.3 is 4.74 Å². The number of nitrogens with one attached hydrogen (secondary N) is 2. The fourth-order valence-electron chi connectivity index (χ4n) is 2.86. The second-order valence-corrected chi connectivity index (χ2v) is 6.51. The summed E-state index contributed by atoms with van der Waals surface area (Å²) in [6, 6.07) is 15.2. The molecule has 0 fully saturated rings. The fourth-order valence-corrected chi connectivity index (χ4v) is 2.86. The number of benzene rings is 2. The lowest BCUT2D eigenvalue weighted by atomic mass is 10.1. The number of rotatable bonds is 5. The second-order valence-electron chi connectivity index (χ2n) is 6.51. The molecule has 0 unspecified atom stereocenters. The zero-order valence-corrected chi connectivity index (χ0v) is 16.0. The minimum Gasteiger partial charge on any atom is -0.484 e. The topological polar surface area (TPSA) is 85.2 Å². The summed E-state index contributed by atoms with van der Waals surface area (Å²) in [6.07, 6.45) is 1.47. The van der Waals surface area contributed by atoms with Gasteiger partial charge in [0.15, 0.2) is 6.61 Å². The highest BCUT2D eigenvalue weighted by Crippen LogP contribution is 2.16. The lowest BCUT2D eigenvalue weighted by molar-refractivity contribution is -0.123. The van der Waals surface area contributed by atoms with Crippen LogP contribution >= 0.6 is 0 Å². The van der Waals surface area contributed by atoms with Gasteiger partial charge in [-0.3, -0.25) is 20.4 Å². The van der Waals surface area contributed by atoms with Crippen molar-refractivity contribution in [3.05, 3.63) is 77.1 Å². The molecular weight excluding hydrogens is 356 g/mol. The normalized spacial score (nSPS) is 10.4. The summed E-state index contributed by atoms with van der Waals surface area (Å²) in [5, 5.41) is 4.25. The molecule has 2 amide bonds. The van der Waals surface area contributed by atoms with Crippen LogP contribution in [0, 0.1) is 20.8 Å². The van der Waals surface area contributed by atoms with Crippen LogP contribution < -0.4 is 15.6 Å². The minimum atomic E-state index is -0.458. The number of hydrogen-bond acceptors (Lipinski definition) is 4. The molecule has 0 bridgehead atoms. The van der Waals surface area contributed by atoms with Gasteiger partial charge in [-0.15, -0.1) is 0 Å². The number of carbonyl (C=O) groups is 2. The Kier molecular flexibility index (Phi) is 5.74. The van der Waals surface area contributed by atoms with E-state index in [0.717, 1.165) is 16.8 Å². The van der Waals surface area contributed by atoms with Crippen LogP contribution in [0.5, 0.6) is 5.75 Å². The summed E-state index contributed by atoms with van der Waals surface area (Å²) in [7, 11) is 0. The maximum absolute atomic E-state index is 12.4. The first-order chi connectivity index (χ1) is 13.4. The summed E-state index contributed by atoms with van der Waals surface area (Å²) in [4.78, 5) is 24.3. The molecule has 1 heterocycles. The molecule has 2 N–H and O–H groups in total. The van der Waals surface area contributed by atoms with Crippen molar-refractivity contribution in [3.8, 4) is 11.4 Å². The molecule has 3 aromatic rings. The van der Waals surface area contributed by atoms with E-state index in [4.69, 9.17) is 4.74 Å². The van der Waals surface area contributed by atoms with Crippen molar-refractivity contribution in [1.82, 2.24) is 20.6 Å². The van der Waals surface area contributed by atoms with E-state index in [-0.39, 0.29) is 6.61 Å². The van der Waals surface area contributed by atoms with Crippen LogP contribution in [0.1, 0.15) is 27.2 Å². The monoisotopic (exact) mass is 378 g/mol. The van der Waals surface area contributed by atoms with Crippen molar-refractivity contribution in [3.63, 3.8) is 0 Å². The van der Waals surface area contributed by atoms with Crippen molar-refractivity contribution in [2.24, 2.45) is 0 Å². The number of aromatic nitrogens is 2. The number of hydrazine groups is 1. The summed E-state index contributed by atoms with van der Waals surface area (Å²) < 4.78 is 7.14. The van der Waals surface area contributed by atoms with Crippen LogP contribution in [-0.2, 0) is 4.79 Å². The Morgan fingerprint density at radius 2 is 1.68 bits per heavy atom. The molecule has 1 aromatic heterocycles. The SMILES string of the molecule is Cc1cc(C)cc(OCC(=O)NNC(=O)c2cnn(-c3ccccc3)c2C)c1. The van der Waals surface area contributed by atoms with Gasteiger partial charge in [0.05, 0.1) is 23.1 Å². The third-order valence-electron chi connectivity index (χ3n) is 4.14. The molecule has 0 aliphatic carbocycles. The van der Waals surface area contributed by atoms with Crippen molar-refractivity contribution < 1.29 is 14.3 Å². The van der Waals surface area contributed by atoms with E-state index < -0.39 is 11.8 Å². The van der Waals surface area contributed by atoms with E-state index in [1.807, 2.05) is 62.4 Å². The van der Waals surface area contributed by atoms with Gasteiger partial charge in [0.1, 0.15) is 5.75 Å². The van der Waals surface area contributed by atoms with E-state index in [1.54, 1.807) is 11.6 Å². The van der Waals surface area contributed by atoms with Gasteiger partial charge in [0, 0.05) is 0 Å². The van der Waals surface area contributed by atoms with Gasteiger partial charge in [-0.05, 0) is 56.2 Å². The first-order valence-electron chi connectivity index (χ1n) is 8.84. The Morgan fingerprint density at radius 3 is 2.36 bits per heavy atom. The summed E-state index contributed by atoms with van der Waals surface area (Å²) >= 11 is 0. The lowest BCUT2D eigenvalue weighted by Crippen LogP contribution is -2.44. The Balaban J connectivity index is 1.55. The Hall–Kier alpha value is -3.61. The maximum Gasteiger partial charge on any atom is 0.276 e. The standard InChI is InChI=1S/C21H22N4O3/c1-14-9-15(2)11-18(10-14)28-13-20(26)23-24-21(27)19-12-22-25(16(19)3)17-7-5-4-6-8-17/h4-12H,13H2,1-3H3,(H,23,26)(H,24,27). The van der Waals surface area contributed by atoms with Crippen LogP contribution in [0.3, 0.4) is 0 Å². The van der Waals surface area contributed by atoms with Crippen LogP contribution in [0.15, 0.2) is 54.7 Å². The molecule has 0 saturated heterocycles. The zero-order valence-electron chi connectivity index (χ0n) is 16.0. The number of amides is 2. The molecule has 0 spiro atoms. The van der Waals surface area contributed by atoms with Gasteiger partial charge in [-0.25, -0.2) is 4.68 Å². The van der Waals surface area contributed by atoms with Crippen LogP contribution in [0.4, 0.5) is 0 Å². The summed E-state index contributed by atoms with van der Waals surface area (Å²) in [5.41, 5.74) is 8.75. The molecule has 3 rings (SSSR count). The number of ether oxygens (including phenoxy) is 1. The zero-order chi connectivity index (χ0) is 20.1. The first-order valence-corrected chi connectivity index (χ1v) is 8.84. The first kappa shape index (κ1) is 19.2. The molecule has 2 aromatic carbocycles.